The third kappa shape index (κ3) is 4.73. The number of nitrogens with one attached hydrogen (secondary N) is 1. The first-order valence-corrected chi connectivity index (χ1v) is 9.62. The van der Waals surface area contributed by atoms with Crippen molar-refractivity contribution in [1.82, 2.24) is 9.55 Å². The molecule has 0 aromatic carbocycles. The predicted octanol–water partition coefficient (Wildman–Crippen LogP) is 2.44. The zero-order valence-electron chi connectivity index (χ0n) is 15.0. The van der Waals surface area contributed by atoms with Crippen molar-refractivity contribution in [1.29, 1.82) is 0 Å². The minimum absolute atomic E-state index is 0.0340. The van der Waals surface area contributed by atoms with Gasteiger partial charge in [0.25, 0.3) is 11.5 Å². The Balaban J connectivity index is 2.63. The molecule has 0 aliphatic carbocycles. The maximum absolute atomic E-state index is 13.0. The van der Waals surface area contributed by atoms with Gasteiger partial charge in [0.1, 0.15) is 10.2 Å². The summed E-state index contributed by atoms with van der Waals surface area (Å²) >= 11 is 13.1. The molecule has 0 radical (unpaired) electrons. The molecule has 2 aromatic rings. The molecule has 0 saturated heterocycles. The van der Waals surface area contributed by atoms with E-state index in [9.17, 15) is 14.4 Å². The Morgan fingerprint density at radius 3 is 2.59 bits per heavy atom. The van der Waals surface area contributed by atoms with Crippen LogP contribution in [0, 0.1) is 5.92 Å². The Bertz CT molecular complexity index is 951. The summed E-state index contributed by atoms with van der Waals surface area (Å²) in [6.07, 6.45) is 0. The minimum Gasteiger partial charge on any atom is -0.383 e. The standard InChI is InChI=1S/C16H20Cl2N4O4S/c1-8(2)7-22-13(19)11(14(23)20-16(22)25)21(4-5-26-3)15(24)9-6-10(17)27-12(9)18/h6,8H,4-5,7,19H2,1-3H3,(H,20,23,25). The van der Waals surface area contributed by atoms with E-state index in [1.807, 2.05) is 13.8 Å². The number of methoxy groups -OCH3 is 1. The Morgan fingerprint density at radius 2 is 2.07 bits per heavy atom. The number of hydrogen-bond acceptors (Lipinski definition) is 6. The molecule has 8 nitrogen and oxygen atoms in total. The Labute approximate surface area is 169 Å². The van der Waals surface area contributed by atoms with E-state index in [0.29, 0.717) is 4.34 Å². The highest BCUT2D eigenvalue weighted by Crippen LogP contribution is 2.33. The van der Waals surface area contributed by atoms with E-state index in [-0.39, 0.29) is 47.0 Å². The minimum atomic E-state index is -0.764. The molecule has 3 N–H and O–H groups in total. The zero-order valence-corrected chi connectivity index (χ0v) is 17.4. The first-order chi connectivity index (χ1) is 12.7. The van der Waals surface area contributed by atoms with E-state index in [1.54, 1.807) is 0 Å². The number of H-pyrrole nitrogens is 1. The monoisotopic (exact) mass is 434 g/mol. The van der Waals surface area contributed by atoms with E-state index in [4.69, 9.17) is 33.7 Å². The summed E-state index contributed by atoms with van der Waals surface area (Å²) in [6.45, 7) is 4.26. The van der Waals surface area contributed by atoms with Crippen LogP contribution in [0.4, 0.5) is 11.5 Å². The van der Waals surface area contributed by atoms with E-state index in [1.165, 1.54) is 17.7 Å². The van der Waals surface area contributed by atoms with Crippen molar-refractivity contribution >= 4 is 52.0 Å². The van der Waals surface area contributed by atoms with Crippen LogP contribution in [-0.2, 0) is 11.3 Å². The molecule has 0 atom stereocenters. The van der Waals surface area contributed by atoms with Gasteiger partial charge in [0.15, 0.2) is 5.69 Å². The van der Waals surface area contributed by atoms with Gasteiger partial charge in [-0.1, -0.05) is 37.0 Å². The molecule has 11 heteroatoms. The van der Waals surface area contributed by atoms with Gasteiger partial charge in [-0.05, 0) is 12.0 Å². The first-order valence-electron chi connectivity index (χ1n) is 8.05. The average molecular weight is 435 g/mol. The zero-order chi connectivity index (χ0) is 20.3. The lowest BCUT2D eigenvalue weighted by atomic mass is 10.2. The third-order valence-electron chi connectivity index (χ3n) is 3.68. The van der Waals surface area contributed by atoms with E-state index >= 15 is 0 Å². The molecule has 0 saturated carbocycles. The maximum Gasteiger partial charge on any atom is 0.330 e. The van der Waals surface area contributed by atoms with Gasteiger partial charge in [-0.3, -0.25) is 24.0 Å². The van der Waals surface area contributed by atoms with Crippen molar-refractivity contribution < 1.29 is 9.53 Å². The number of carbonyl (C=O) groups excluding carboxylic acids is 1. The number of thiophene rings is 1. The number of hydrogen-bond donors (Lipinski definition) is 2. The van der Waals surface area contributed by atoms with Crippen molar-refractivity contribution in [2.24, 2.45) is 5.92 Å². The number of aromatic amines is 1. The summed E-state index contributed by atoms with van der Waals surface area (Å²) in [4.78, 5) is 41.0. The van der Waals surface area contributed by atoms with Crippen molar-refractivity contribution in [3.8, 4) is 0 Å². The molecule has 0 spiro atoms. The summed E-state index contributed by atoms with van der Waals surface area (Å²) in [7, 11) is 1.46. The summed E-state index contributed by atoms with van der Waals surface area (Å²) in [6, 6.07) is 1.42. The maximum atomic E-state index is 13.0. The van der Waals surface area contributed by atoms with Crippen molar-refractivity contribution in [3.05, 3.63) is 41.1 Å². The molecule has 0 bridgehead atoms. The normalized spacial score (nSPS) is 11.2. The van der Waals surface area contributed by atoms with Crippen LogP contribution >= 0.6 is 34.5 Å². The smallest absolute Gasteiger partial charge is 0.330 e. The van der Waals surface area contributed by atoms with Gasteiger partial charge in [-0.2, -0.15) is 0 Å². The molecule has 2 rings (SSSR count). The highest BCUT2D eigenvalue weighted by molar-refractivity contribution is 7.20. The lowest BCUT2D eigenvalue weighted by molar-refractivity contribution is 0.0976. The molecule has 27 heavy (non-hydrogen) atoms. The molecule has 2 aromatic heterocycles. The second-order valence-corrected chi connectivity index (χ2v) is 8.47. The van der Waals surface area contributed by atoms with Gasteiger partial charge in [0.05, 0.1) is 16.5 Å². The fourth-order valence-corrected chi connectivity index (χ4v) is 3.96. The van der Waals surface area contributed by atoms with Crippen LogP contribution in [0.3, 0.4) is 0 Å². The number of amides is 1. The second kappa shape index (κ2) is 8.92. The molecule has 0 aliphatic heterocycles. The number of nitrogen functional groups attached to an aromatic ring is 1. The van der Waals surface area contributed by atoms with Crippen LogP contribution in [0.15, 0.2) is 15.7 Å². The summed E-state index contributed by atoms with van der Waals surface area (Å²) in [5, 5.41) is 0. The number of nitrogens with zero attached hydrogens (tertiary/aromatic N) is 2. The number of rotatable bonds is 7. The number of ether oxygens (including phenoxy) is 1. The molecular formula is C16H20Cl2N4O4S. The highest BCUT2D eigenvalue weighted by Gasteiger charge is 2.27. The van der Waals surface area contributed by atoms with Crippen molar-refractivity contribution in [2.75, 3.05) is 30.9 Å². The Morgan fingerprint density at radius 1 is 1.41 bits per heavy atom. The number of aromatic nitrogens is 2. The largest absolute Gasteiger partial charge is 0.383 e. The number of halogens is 2. The Hall–Kier alpha value is -1.81. The third-order valence-corrected chi connectivity index (χ3v) is 5.17. The fourth-order valence-electron chi connectivity index (χ4n) is 2.51. The molecule has 0 fully saturated rings. The summed E-state index contributed by atoms with van der Waals surface area (Å²) in [5.41, 5.74) is 4.73. The topological polar surface area (TPSA) is 110 Å². The molecule has 148 valence electrons. The van der Waals surface area contributed by atoms with Crippen LogP contribution in [0.1, 0.15) is 24.2 Å². The number of nitrogens with two attached hydrogens (primary N) is 1. The van der Waals surface area contributed by atoms with Gasteiger partial charge in [0, 0.05) is 20.2 Å². The van der Waals surface area contributed by atoms with Crippen LogP contribution < -0.4 is 21.9 Å². The Kier molecular flexibility index (Phi) is 7.10. The number of anilines is 2. The lowest BCUT2D eigenvalue weighted by Crippen LogP contribution is -2.42. The first kappa shape index (κ1) is 21.5. The molecular weight excluding hydrogens is 415 g/mol. The predicted molar refractivity (Wildman–Crippen MR) is 108 cm³/mol. The number of carbonyl (C=O) groups is 1. The van der Waals surface area contributed by atoms with Crippen LogP contribution in [0.25, 0.3) is 0 Å². The lowest BCUT2D eigenvalue weighted by Gasteiger charge is -2.24. The van der Waals surface area contributed by atoms with Gasteiger partial charge < -0.3 is 10.5 Å². The average Bonchev–Trinajstić information content (AvgIpc) is 2.92. The van der Waals surface area contributed by atoms with Crippen molar-refractivity contribution in [2.45, 2.75) is 20.4 Å². The van der Waals surface area contributed by atoms with Gasteiger partial charge in [-0.15, -0.1) is 11.3 Å². The second-order valence-electron chi connectivity index (χ2n) is 6.19. The van der Waals surface area contributed by atoms with Crippen LogP contribution in [0.5, 0.6) is 0 Å². The summed E-state index contributed by atoms with van der Waals surface area (Å²) in [5.74, 6) is -0.566. The molecule has 1 amide bonds. The summed E-state index contributed by atoms with van der Waals surface area (Å²) < 4.78 is 6.80. The van der Waals surface area contributed by atoms with Gasteiger partial charge in [-0.25, -0.2) is 4.79 Å². The fraction of sp³-hybridized carbons (Fsp3) is 0.438. The molecule has 0 aliphatic rings. The van der Waals surface area contributed by atoms with Crippen LogP contribution in [0.2, 0.25) is 8.67 Å². The quantitative estimate of drug-likeness (QED) is 0.694. The van der Waals surface area contributed by atoms with E-state index < -0.39 is 17.2 Å². The highest BCUT2D eigenvalue weighted by atomic mass is 35.5. The van der Waals surface area contributed by atoms with E-state index in [0.717, 1.165) is 16.2 Å². The van der Waals surface area contributed by atoms with Gasteiger partial charge in [0.2, 0.25) is 0 Å². The van der Waals surface area contributed by atoms with Gasteiger partial charge >= 0.3 is 5.69 Å². The molecule has 2 heterocycles. The molecule has 0 unspecified atom stereocenters. The SMILES string of the molecule is COCCN(C(=O)c1cc(Cl)sc1Cl)c1c(N)n(CC(C)C)c(=O)[nH]c1=O. The van der Waals surface area contributed by atoms with E-state index in [2.05, 4.69) is 4.98 Å². The van der Waals surface area contributed by atoms with Crippen molar-refractivity contribution in [3.63, 3.8) is 0 Å². The van der Waals surface area contributed by atoms with Crippen LogP contribution in [-0.4, -0.2) is 35.7 Å².